The molecular weight excluding hydrogens is 466 g/mol. The molecule has 0 aliphatic rings. The van der Waals surface area contributed by atoms with E-state index >= 15 is 0 Å². The van der Waals surface area contributed by atoms with Crippen molar-refractivity contribution in [3.63, 3.8) is 0 Å². The Morgan fingerprint density at radius 3 is 2.41 bits per heavy atom. The molecule has 7 heteroatoms. The van der Waals surface area contributed by atoms with Crippen molar-refractivity contribution in [3.8, 4) is 0 Å². The van der Waals surface area contributed by atoms with Gasteiger partial charge in [-0.05, 0) is 56.7 Å². The van der Waals surface area contributed by atoms with Gasteiger partial charge < -0.3 is 15.4 Å². The van der Waals surface area contributed by atoms with Crippen LogP contribution in [0.1, 0.15) is 42.3 Å². The number of hydrogen-bond acceptors (Lipinski definition) is 4. The van der Waals surface area contributed by atoms with Crippen LogP contribution in [0.2, 0.25) is 0 Å². The molecule has 0 radical (unpaired) electrons. The summed E-state index contributed by atoms with van der Waals surface area (Å²) in [4.78, 5) is 37.9. The van der Waals surface area contributed by atoms with Gasteiger partial charge in [0.25, 0.3) is 5.91 Å². The van der Waals surface area contributed by atoms with Gasteiger partial charge in [0.05, 0.1) is 5.52 Å². The third kappa shape index (κ3) is 6.73. The highest BCUT2D eigenvalue weighted by molar-refractivity contribution is 6.05. The molecule has 0 saturated heterocycles. The second-order valence-corrected chi connectivity index (χ2v) is 9.52. The van der Waals surface area contributed by atoms with Gasteiger partial charge in [0.15, 0.2) is 0 Å². The van der Waals surface area contributed by atoms with Crippen LogP contribution in [0.5, 0.6) is 0 Å². The second-order valence-electron chi connectivity index (χ2n) is 9.52. The molecule has 2 amide bonds. The van der Waals surface area contributed by atoms with Crippen molar-refractivity contribution >= 4 is 40.6 Å². The summed E-state index contributed by atoms with van der Waals surface area (Å²) in [7, 11) is 0. The molecule has 0 bridgehead atoms. The molecule has 188 valence electrons. The van der Waals surface area contributed by atoms with Crippen molar-refractivity contribution in [2.24, 2.45) is 0 Å². The summed E-state index contributed by atoms with van der Waals surface area (Å²) >= 11 is 0. The number of rotatable bonds is 6. The molecule has 2 N–H and O–H groups in total. The summed E-state index contributed by atoms with van der Waals surface area (Å²) in [6.07, 6.45) is 4.20. The van der Waals surface area contributed by atoms with E-state index in [1.807, 2.05) is 75.4 Å². The Morgan fingerprint density at radius 1 is 0.919 bits per heavy atom. The average molecular weight is 496 g/mol. The minimum Gasteiger partial charge on any atom is -0.443 e. The largest absolute Gasteiger partial charge is 0.443 e. The van der Waals surface area contributed by atoms with E-state index in [9.17, 15) is 14.4 Å². The van der Waals surface area contributed by atoms with Gasteiger partial charge in [0.2, 0.25) is 5.91 Å². The smallest absolute Gasteiger partial charge is 0.419 e. The quantitative estimate of drug-likeness (QED) is 0.321. The predicted molar refractivity (Wildman–Crippen MR) is 145 cm³/mol. The minimum absolute atomic E-state index is 0.231. The molecule has 37 heavy (non-hydrogen) atoms. The third-order valence-electron chi connectivity index (χ3n) is 5.44. The predicted octanol–water partition coefficient (Wildman–Crippen LogP) is 6.01. The Morgan fingerprint density at radius 2 is 1.65 bits per heavy atom. The molecule has 4 rings (SSSR count). The summed E-state index contributed by atoms with van der Waals surface area (Å²) in [6.45, 7) is 5.84. The standard InChI is InChI=1S/C30H29N3O4/c1-30(2,3)37-29(36)33-20-23(25-14-7-8-15-26(25)33)16-17-27(34)32-24-13-9-12-22(18-24)28(35)31-19-21-10-5-4-6-11-21/h4-18,20H,19H2,1-3H3,(H,31,35)(H,32,34)/b17-16+. The SMILES string of the molecule is CC(C)(C)OC(=O)n1cc(/C=C/C(=O)Nc2cccc(C(=O)NCc3ccccc3)c2)c2ccccc21. The van der Waals surface area contributed by atoms with Crippen LogP contribution in [0.25, 0.3) is 17.0 Å². The summed E-state index contributed by atoms with van der Waals surface area (Å²) < 4.78 is 6.95. The van der Waals surface area contributed by atoms with Crippen molar-refractivity contribution in [1.82, 2.24) is 9.88 Å². The number of benzene rings is 3. The normalized spacial score (nSPS) is 11.4. The molecule has 1 heterocycles. The lowest BCUT2D eigenvalue weighted by molar-refractivity contribution is -0.111. The first kappa shape index (κ1) is 25.4. The van der Waals surface area contributed by atoms with Crippen molar-refractivity contribution < 1.29 is 19.1 Å². The molecule has 1 aromatic heterocycles. The molecule has 0 atom stereocenters. The zero-order chi connectivity index (χ0) is 26.4. The van der Waals surface area contributed by atoms with Gasteiger partial charge in [-0.1, -0.05) is 54.6 Å². The van der Waals surface area contributed by atoms with E-state index in [4.69, 9.17) is 4.74 Å². The maximum Gasteiger partial charge on any atom is 0.419 e. The van der Waals surface area contributed by atoms with Crippen molar-refractivity contribution in [3.05, 3.63) is 108 Å². The zero-order valence-corrected chi connectivity index (χ0v) is 21.0. The number of fused-ring (bicyclic) bond motifs is 1. The van der Waals surface area contributed by atoms with E-state index in [-0.39, 0.29) is 11.8 Å². The van der Waals surface area contributed by atoms with Gasteiger partial charge in [-0.2, -0.15) is 0 Å². The number of carbonyl (C=O) groups is 3. The lowest BCUT2D eigenvalue weighted by Gasteiger charge is -2.19. The van der Waals surface area contributed by atoms with Crippen LogP contribution in [-0.2, 0) is 16.1 Å². The summed E-state index contributed by atoms with van der Waals surface area (Å²) in [5.74, 6) is -0.596. The number of para-hydroxylation sites is 1. The molecule has 3 aromatic carbocycles. The Bertz CT molecular complexity index is 1460. The van der Waals surface area contributed by atoms with Gasteiger partial charge in [0.1, 0.15) is 5.60 Å². The molecule has 4 aromatic rings. The zero-order valence-electron chi connectivity index (χ0n) is 21.0. The number of anilines is 1. The highest BCUT2D eigenvalue weighted by Crippen LogP contribution is 2.24. The highest BCUT2D eigenvalue weighted by Gasteiger charge is 2.20. The van der Waals surface area contributed by atoms with Gasteiger partial charge in [0, 0.05) is 41.0 Å². The first-order chi connectivity index (χ1) is 17.7. The number of nitrogens with zero attached hydrogens (tertiary/aromatic N) is 1. The molecular formula is C30H29N3O4. The number of nitrogens with one attached hydrogen (secondary N) is 2. The molecule has 0 saturated carbocycles. The van der Waals surface area contributed by atoms with Gasteiger partial charge in [-0.25, -0.2) is 4.79 Å². The number of hydrogen-bond donors (Lipinski definition) is 2. The Hall–Kier alpha value is -4.65. The first-order valence-corrected chi connectivity index (χ1v) is 11.9. The van der Waals surface area contributed by atoms with E-state index in [1.165, 1.54) is 10.6 Å². The van der Waals surface area contributed by atoms with Gasteiger partial charge in [-0.15, -0.1) is 0 Å². The molecule has 7 nitrogen and oxygen atoms in total. The lowest BCUT2D eigenvalue weighted by Crippen LogP contribution is -2.26. The summed E-state index contributed by atoms with van der Waals surface area (Å²) in [6, 6.07) is 23.8. The number of aromatic nitrogens is 1. The Labute approximate surface area is 215 Å². The molecule has 0 unspecified atom stereocenters. The number of carbonyl (C=O) groups excluding carboxylic acids is 3. The topological polar surface area (TPSA) is 89.4 Å². The van der Waals surface area contributed by atoms with Crippen LogP contribution in [-0.4, -0.2) is 28.1 Å². The van der Waals surface area contributed by atoms with E-state index in [0.717, 1.165) is 10.9 Å². The Balaban J connectivity index is 1.44. The van der Waals surface area contributed by atoms with Crippen LogP contribution in [0.15, 0.2) is 91.1 Å². The fraction of sp³-hybridized carbons (Fsp3) is 0.167. The number of amides is 2. The van der Waals surface area contributed by atoms with Crippen LogP contribution < -0.4 is 10.6 Å². The van der Waals surface area contributed by atoms with Gasteiger partial charge in [-0.3, -0.25) is 14.2 Å². The van der Waals surface area contributed by atoms with Gasteiger partial charge >= 0.3 is 6.09 Å². The average Bonchev–Trinajstić information content (AvgIpc) is 3.25. The van der Waals surface area contributed by atoms with Crippen LogP contribution in [0.3, 0.4) is 0 Å². The fourth-order valence-corrected chi connectivity index (χ4v) is 3.77. The Kier molecular flexibility index (Phi) is 7.53. The lowest BCUT2D eigenvalue weighted by atomic mass is 10.1. The monoisotopic (exact) mass is 495 g/mol. The van der Waals surface area contributed by atoms with Crippen LogP contribution in [0.4, 0.5) is 10.5 Å². The maximum absolute atomic E-state index is 12.7. The molecule has 0 fully saturated rings. The molecule has 0 aliphatic carbocycles. The highest BCUT2D eigenvalue weighted by atomic mass is 16.6. The van der Waals surface area contributed by atoms with Crippen molar-refractivity contribution in [2.75, 3.05) is 5.32 Å². The van der Waals surface area contributed by atoms with E-state index < -0.39 is 11.7 Å². The molecule has 0 spiro atoms. The van der Waals surface area contributed by atoms with E-state index in [1.54, 1.807) is 36.5 Å². The van der Waals surface area contributed by atoms with Crippen LogP contribution in [0, 0.1) is 0 Å². The van der Waals surface area contributed by atoms with Crippen molar-refractivity contribution in [1.29, 1.82) is 0 Å². The summed E-state index contributed by atoms with van der Waals surface area (Å²) in [5.41, 5.74) is 2.69. The van der Waals surface area contributed by atoms with E-state index in [0.29, 0.717) is 28.9 Å². The fourth-order valence-electron chi connectivity index (χ4n) is 3.77. The first-order valence-electron chi connectivity index (χ1n) is 11.9. The minimum atomic E-state index is -0.634. The third-order valence-corrected chi connectivity index (χ3v) is 5.44. The maximum atomic E-state index is 12.7. The van der Waals surface area contributed by atoms with Crippen LogP contribution >= 0.6 is 0 Å². The number of ether oxygens (including phenoxy) is 1. The summed E-state index contributed by atoms with van der Waals surface area (Å²) in [5, 5.41) is 6.48. The molecule has 0 aliphatic heterocycles. The van der Waals surface area contributed by atoms with Crippen molar-refractivity contribution in [2.45, 2.75) is 32.9 Å². The second kappa shape index (κ2) is 11.0. The van der Waals surface area contributed by atoms with E-state index in [2.05, 4.69) is 10.6 Å².